The summed E-state index contributed by atoms with van der Waals surface area (Å²) in [6.45, 7) is 12.4. The third-order valence-corrected chi connectivity index (χ3v) is 6.89. The lowest BCUT2D eigenvalue weighted by Gasteiger charge is -2.38. The molecule has 0 bridgehead atoms. The molecule has 2 fully saturated rings. The minimum absolute atomic E-state index is 0.0942. The summed E-state index contributed by atoms with van der Waals surface area (Å²) in [6.07, 6.45) is 3.63. The van der Waals surface area contributed by atoms with Gasteiger partial charge in [-0.2, -0.15) is 0 Å². The van der Waals surface area contributed by atoms with Gasteiger partial charge in [0.1, 0.15) is 11.5 Å². The average Bonchev–Trinajstić information content (AvgIpc) is 3.08. The second-order valence-electron chi connectivity index (χ2n) is 9.05. The fourth-order valence-electron chi connectivity index (χ4n) is 4.98. The fourth-order valence-corrected chi connectivity index (χ4v) is 4.98. The summed E-state index contributed by atoms with van der Waals surface area (Å²) in [7, 11) is 0. The van der Waals surface area contributed by atoms with E-state index < -0.39 is 0 Å². The predicted octanol–water partition coefficient (Wildman–Crippen LogP) is 3.32. The van der Waals surface area contributed by atoms with Crippen molar-refractivity contribution in [2.24, 2.45) is 0 Å². The molecule has 4 rings (SSSR count). The summed E-state index contributed by atoms with van der Waals surface area (Å²) in [5.41, 5.74) is 3.36. The zero-order valence-electron chi connectivity index (χ0n) is 19.6. The predicted molar refractivity (Wildman–Crippen MR) is 130 cm³/mol. The van der Waals surface area contributed by atoms with E-state index in [1.54, 1.807) is 6.07 Å². The van der Waals surface area contributed by atoms with E-state index >= 15 is 0 Å². The number of rotatable bonds is 6. The number of amides is 1. The van der Waals surface area contributed by atoms with E-state index in [0.29, 0.717) is 18.3 Å². The molecule has 3 heterocycles. The summed E-state index contributed by atoms with van der Waals surface area (Å²) < 4.78 is 0. The van der Waals surface area contributed by atoms with Gasteiger partial charge in [0.2, 0.25) is 0 Å². The third kappa shape index (κ3) is 5.67. The molecule has 1 N–H and O–H groups in total. The number of likely N-dealkylation sites (tertiary alicyclic amines) is 1. The van der Waals surface area contributed by atoms with E-state index in [0.717, 1.165) is 45.0 Å². The maximum atomic E-state index is 12.2. The van der Waals surface area contributed by atoms with Crippen molar-refractivity contribution in [3.63, 3.8) is 0 Å². The van der Waals surface area contributed by atoms with Gasteiger partial charge < -0.3 is 10.2 Å². The highest BCUT2D eigenvalue weighted by molar-refractivity contribution is 5.92. The number of hydrogen-bond donors (Lipinski definition) is 1. The third-order valence-electron chi connectivity index (χ3n) is 6.89. The average molecular weight is 436 g/mol. The smallest absolute Gasteiger partial charge is 0.269 e. The summed E-state index contributed by atoms with van der Waals surface area (Å²) in [5.74, 6) is 0.826. The van der Waals surface area contributed by atoms with Crippen LogP contribution in [-0.2, 0) is 6.54 Å². The number of piperidine rings is 1. The lowest BCUT2D eigenvalue weighted by atomic mass is 10.0. The topological polar surface area (TPSA) is 51.7 Å². The van der Waals surface area contributed by atoms with Crippen LogP contribution in [0, 0.1) is 6.92 Å². The molecule has 1 aromatic heterocycles. The Kier molecular flexibility index (Phi) is 7.76. The van der Waals surface area contributed by atoms with Crippen LogP contribution in [0.1, 0.15) is 47.8 Å². The summed E-state index contributed by atoms with van der Waals surface area (Å²) in [5, 5.41) is 2.84. The first-order chi connectivity index (χ1) is 15.6. The van der Waals surface area contributed by atoms with Crippen LogP contribution in [-0.4, -0.2) is 72.5 Å². The van der Waals surface area contributed by atoms with Crippen LogP contribution in [0.5, 0.6) is 0 Å². The number of nitrogens with one attached hydrogen (secondary N) is 1. The highest BCUT2D eigenvalue weighted by Crippen LogP contribution is 2.22. The lowest BCUT2D eigenvalue weighted by Crippen LogP contribution is -2.46. The highest BCUT2D eigenvalue weighted by atomic mass is 16.1. The van der Waals surface area contributed by atoms with Crippen LogP contribution in [0.25, 0.3) is 0 Å². The Balaban J connectivity index is 1.29. The number of carbonyl (C=O) groups excluding carboxylic acids is 1. The van der Waals surface area contributed by atoms with Crippen LogP contribution in [0.2, 0.25) is 0 Å². The summed E-state index contributed by atoms with van der Waals surface area (Å²) >= 11 is 0. The Labute approximate surface area is 192 Å². The van der Waals surface area contributed by atoms with Crippen LogP contribution >= 0.6 is 0 Å². The number of nitrogens with zero attached hydrogens (tertiary/aromatic N) is 4. The number of carbonyl (C=O) groups is 1. The number of pyridine rings is 1. The lowest BCUT2D eigenvalue weighted by molar-refractivity contribution is 0.0951. The van der Waals surface area contributed by atoms with Crippen molar-refractivity contribution in [3.05, 3.63) is 59.3 Å². The van der Waals surface area contributed by atoms with E-state index in [2.05, 4.69) is 56.2 Å². The fraction of sp³-hybridized carbons (Fsp3) is 0.538. The Morgan fingerprint density at radius 1 is 1.00 bits per heavy atom. The van der Waals surface area contributed by atoms with Crippen molar-refractivity contribution in [2.75, 3.05) is 50.7 Å². The molecule has 172 valence electrons. The van der Waals surface area contributed by atoms with Crippen LogP contribution in [0.15, 0.2) is 42.5 Å². The molecule has 0 saturated carbocycles. The number of aryl methyl sites for hydroxylation is 1. The van der Waals surface area contributed by atoms with Crippen molar-refractivity contribution in [3.8, 4) is 0 Å². The van der Waals surface area contributed by atoms with Crippen molar-refractivity contribution in [1.82, 2.24) is 20.1 Å². The van der Waals surface area contributed by atoms with Gasteiger partial charge in [-0.1, -0.05) is 30.3 Å². The van der Waals surface area contributed by atoms with Crippen molar-refractivity contribution < 1.29 is 4.79 Å². The largest absolute Gasteiger partial charge is 0.355 e. The molecule has 32 heavy (non-hydrogen) atoms. The zero-order chi connectivity index (χ0) is 22.3. The Morgan fingerprint density at radius 2 is 1.81 bits per heavy atom. The molecule has 2 saturated heterocycles. The molecule has 6 heteroatoms. The molecule has 0 spiro atoms. The molecule has 0 aliphatic carbocycles. The quantitative estimate of drug-likeness (QED) is 0.754. The first kappa shape index (κ1) is 22.7. The van der Waals surface area contributed by atoms with Gasteiger partial charge >= 0.3 is 0 Å². The summed E-state index contributed by atoms with van der Waals surface area (Å²) in [4.78, 5) is 24.4. The first-order valence-electron chi connectivity index (χ1n) is 12.1. The standard InChI is InChI=1S/C26H37N5O/c1-3-27-26(32)24-10-6-11-25(28-24)31-15-7-14-30(18-19-31)23-12-16-29(17-13-23)20-22-9-5-4-8-21(22)2/h4-6,8-11,23H,3,7,12-20H2,1-2H3,(H,27,32). The highest BCUT2D eigenvalue weighted by Gasteiger charge is 2.27. The molecule has 0 atom stereocenters. The Hall–Kier alpha value is -2.44. The van der Waals surface area contributed by atoms with Gasteiger partial charge in [0.05, 0.1) is 0 Å². The van der Waals surface area contributed by atoms with Gasteiger partial charge in [0.25, 0.3) is 5.91 Å². The van der Waals surface area contributed by atoms with E-state index in [9.17, 15) is 4.79 Å². The van der Waals surface area contributed by atoms with E-state index in [1.165, 1.54) is 37.1 Å². The molecule has 2 aliphatic heterocycles. The van der Waals surface area contributed by atoms with Crippen molar-refractivity contribution >= 4 is 11.7 Å². The van der Waals surface area contributed by atoms with Gasteiger partial charge in [-0.05, 0) is 69.5 Å². The van der Waals surface area contributed by atoms with Gasteiger partial charge in [0.15, 0.2) is 0 Å². The maximum Gasteiger partial charge on any atom is 0.269 e. The maximum absolute atomic E-state index is 12.2. The minimum atomic E-state index is -0.0942. The molecule has 0 unspecified atom stereocenters. The molecule has 6 nitrogen and oxygen atoms in total. The van der Waals surface area contributed by atoms with Crippen molar-refractivity contribution in [2.45, 2.75) is 45.7 Å². The molecule has 1 aromatic carbocycles. The van der Waals surface area contributed by atoms with E-state index in [-0.39, 0.29) is 5.91 Å². The first-order valence-corrected chi connectivity index (χ1v) is 12.1. The molecule has 0 radical (unpaired) electrons. The zero-order valence-corrected chi connectivity index (χ0v) is 19.6. The molecule has 1 amide bonds. The molecule has 2 aromatic rings. The second kappa shape index (κ2) is 10.9. The van der Waals surface area contributed by atoms with Gasteiger partial charge in [0, 0.05) is 45.3 Å². The van der Waals surface area contributed by atoms with Gasteiger partial charge in [-0.15, -0.1) is 0 Å². The van der Waals surface area contributed by atoms with Crippen LogP contribution in [0.3, 0.4) is 0 Å². The number of hydrogen-bond acceptors (Lipinski definition) is 5. The number of aromatic nitrogens is 1. The molecular weight excluding hydrogens is 398 g/mol. The van der Waals surface area contributed by atoms with Gasteiger partial charge in [-0.3, -0.25) is 14.6 Å². The SMILES string of the molecule is CCNC(=O)c1cccc(N2CCCN(C3CCN(Cc4ccccc4C)CC3)CC2)n1. The Bertz CT molecular complexity index is 893. The summed E-state index contributed by atoms with van der Waals surface area (Å²) in [6, 6.07) is 15.2. The van der Waals surface area contributed by atoms with Crippen LogP contribution in [0.4, 0.5) is 5.82 Å². The molecular formula is C26H37N5O. The normalized spacial score (nSPS) is 19.0. The second-order valence-corrected chi connectivity index (χ2v) is 9.05. The minimum Gasteiger partial charge on any atom is -0.355 e. The van der Waals surface area contributed by atoms with E-state index in [4.69, 9.17) is 0 Å². The monoisotopic (exact) mass is 435 g/mol. The molecule has 2 aliphatic rings. The van der Waals surface area contributed by atoms with Crippen LogP contribution < -0.4 is 10.2 Å². The van der Waals surface area contributed by atoms with Crippen molar-refractivity contribution in [1.29, 1.82) is 0 Å². The Morgan fingerprint density at radius 3 is 2.59 bits per heavy atom. The van der Waals surface area contributed by atoms with Gasteiger partial charge in [-0.25, -0.2) is 4.98 Å². The number of benzene rings is 1. The number of anilines is 1. The van der Waals surface area contributed by atoms with E-state index in [1.807, 2.05) is 19.1 Å².